The van der Waals surface area contributed by atoms with Gasteiger partial charge in [-0.3, -0.25) is 5.32 Å². The van der Waals surface area contributed by atoms with Gasteiger partial charge in [-0.25, -0.2) is 0 Å². The zero-order chi connectivity index (χ0) is 9.97. The second kappa shape index (κ2) is 3.86. The molecule has 14 heavy (non-hydrogen) atoms. The monoisotopic (exact) mass is 195 g/mol. The van der Waals surface area contributed by atoms with Gasteiger partial charge in [-0.2, -0.15) is 0 Å². The lowest BCUT2D eigenvalue weighted by Crippen LogP contribution is -2.24. The molecule has 1 aliphatic heterocycles. The van der Waals surface area contributed by atoms with E-state index in [1.165, 1.54) is 0 Å². The Hall–Kier alpha value is -1.26. The fourth-order valence-corrected chi connectivity index (χ4v) is 1.32. The molecule has 1 heterocycles. The molecule has 0 amide bonds. The van der Waals surface area contributed by atoms with E-state index in [4.69, 9.17) is 14.6 Å². The maximum atomic E-state index is 9.04. The third-order valence-electron chi connectivity index (χ3n) is 2.04. The van der Waals surface area contributed by atoms with E-state index >= 15 is 0 Å². The first-order valence-corrected chi connectivity index (χ1v) is 4.55. The van der Waals surface area contributed by atoms with Crippen LogP contribution in [-0.2, 0) is 6.54 Å². The SMILES string of the molecule is CC(O)NCc1ccc2c(c1)OCO2. The zero-order valence-corrected chi connectivity index (χ0v) is 7.99. The number of fused-ring (bicyclic) bond motifs is 1. The highest BCUT2D eigenvalue weighted by Gasteiger charge is 2.12. The van der Waals surface area contributed by atoms with E-state index in [0.717, 1.165) is 17.1 Å². The lowest BCUT2D eigenvalue weighted by Gasteiger charge is -2.07. The Bertz CT molecular complexity index is 325. The fraction of sp³-hybridized carbons (Fsp3) is 0.400. The molecular formula is C10H13NO3. The Labute approximate surface area is 82.5 Å². The van der Waals surface area contributed by atoms with Crippen molar-refractivity contribution >= 4 is 0 Å². The Morgan fingerprint density at radius 2 is 2.21 bits per heavy atom. The molecule has 1 atom stereocenters. The third kappa shape index (κ3) is 1.97. The van der Waals surface area contributed by atoms with E-state index in [0.29, 0.717) is 13.3 Å². The van der Waals surface area contributed by atoms with Crippen LogP contribution in [0.25, 0.3) is 0 Å². The Morgan fingerprint density at radius 3 is 3.00 bits per heavy atom. The van der Waals surface area contributed by atoms with Crippen molar-refractivity contribution < 1.29 is 14.6 Å². The molecule has 4 heteroatoms. The summed E-state index contributed by atoms with van der Waals surface area (Å²) in [4.78, 5) is 0. The van der Waals surface area contributed by atoms with Gasteiger partial charge in [0.1, 0.15) is 6.23 Å². The molecule has 1 aromatic rings. The number of ether oxygens (including phenoxy) is 2. The van der Waals surface area contributed by atoms with Crippen molar-refractivity contribution in [3.8, 4) is 11.5 Å². The van der Waals surface area contributed by atoms with Gasteiger partial charge in [-0.05, 0) is 24.6 Å². The van der Waals surface area contributed by atoms with E-state index in [1.54, 1.807) is 6.92 Å². The van der Waals surface area contributed by atoms with E-state index < -0.39 is 6.23 Å². The quantitative estimate of drug-likeness (QED) is 0.702. The molecule has 0 aliphatic carbocycles. The first-order chi connectivity index (χ1) is 6.75. The van der Waals surface area contributed by atoms with Gasteiger partial charge in [0.05, 0.1) is 0 Å². The van der Waals surface area contributed by atoms with Crippen molar-refractivity contribution in [2.45, 2.75) is 19.7 Å². The van der Waals surface area contributed by atoms with Crippen LogP contribution in [0.4, 0.5) is 0 Å². The van der Waals surface area contributed by atoms with Crippen LogP contribution < -0.4 is 14.8 Å². The molecule has 0 saturated carbocycles. The number of nitrogens with one attached hydrogen (secondary N) is 1. The lowest BCUT2D eigenvalue weighted by molar-refractivity contribution is 0.154. The summed E-state index contributed by atoms with van der Waals surface area (Å²) in [6.45, 7) is 2.60. The molecule has 1 aliphatic rings. The standard InChI is InChI=1S/C10H13NO3/c1-7(12)11-5-8-2-3-9-10(4-8)14-6-13-9/h2-4,7,11-12H,5-6H2,1H3. The van der Waals surface area contributed by atoms with Gasteiger partial charge >= 0.3 is 0 Å². The highest BCUT2D eigenvalue weighted by molar-refractivity contribution is 5.44. The predicted molar refractivity (Wildman–Crippen MR) is 51.1 cm³/mol. The number of hydrogen-bond acceptors (Lipinski definition) is 4. The number of aliphatic hydroxyl groups is 1. The van der Waals surface area contributed by atoms with Crippen molar-refractivity contribution in [1.29, 1.82) is 0 Å². The lowest BCUT2D eigenvalue weighted by atomic mass is 10.2. The molecule has 0 radical (unpaired) electrons. The summed E-state index contributed by atoms with van der Waals surface area (Å²) in [6, 6.07) is 5.74. The van der Waals surface area contributed by atoms with E-state index in [1.807, 2.05) is 18.2 Å². The van der Waals surface area contributed by atoms with Gasteiger partial charge in [0.15, 0.2) is 11.5 Å². The number of hydrogen-bond donors (Lipinski definition) is 2. The zero-order valence-electron chi connectivity index (χ0n) is 7.99. The summed E-state index contributed by atoms with van der Waals surface area (Å²) in [5.41, 5.74) is 1.06. The third-order valence-corrected chi connectivity index (χ3v) is 2.04. The topological polar surface area (TPSA) is 50.7 Å². The van der Waals surface area contributed by atoms with Gasteiger partial charge in [0.25, 0.3) is 0 Å². The maximum absolute atomic E-state index is 9.04. The summed E-state index contributed by atoms with van der Waals surface area (Å²) in [7, 11) is 0. The van der Waals surface area contributed by atoms with Gasteiger partial charge in [0, 0.05) is 6.54 Å². The van der Waals surface area contributed by atoms with Crippen LogP contribution in [0, 0.1) is 0 Å². The normalized spacial score (nSPS) is 15.6. The Balaban J connectivity index is 2.05. The average molecular weight is 195 g/mol. The number of rotatable bonds is 3. The minimum absolute atomic E-state index is 0.294. The van der Waals surface area contributed by atoms with Crippen LogP contribution in [0.15, 0.2) is 18.2 Å². The molecule has 4 nitrogen and oxygen atoms in total. The van der Waals surface area contributed by atoms with Gasteiger partial charge < -0.3 is 14.6 Å². The average Bonchev–Trinajstić information content (AvgIpc) is 2.61. The molecule has 2 rings (SSSR count). The largest absolute Gasteiger partial charge is 0.454 e. The molecule has 0 aromatic heterocycles. The van der Waals surface area contributed by atoms with Crippen LogP contribution in [0.3, 0.4) is 0 Å². The maximum Gasteiger partial charge on any atom is 0.231 e. The van der Waals surface area contributed by atoms with Crippen molar-refractivity contribution in [2.24, 2.45) is 0 Å². The van der Waals surface area contributed by atoms with Crippen molar-refractivity contribution in [2.75, 3.05) is 6.79 Å². The molecular weight excluding hydrogens is 182 g/mol. The van der Waals surface area contributed by atoms with Gasteiger partial charge in [0.2, 0.25) is 6.79 Å². The minimum Gasteiger partial charge on any atom is -0.454 e. The Kier molecular flexibility index (Phi) is 2.56. The molecule has 2 N–H and O–H groups in total. The van der Waals surface area contributed by atoms with Gasteiger partial charge in [-0.1, -0.05) is 6.07 Å². The van der Waals surface area contributed by atoms with E-state index in [-0.39, 0.29) is 0 Å². The van der Waals surface area contributed by atoms with E-state index in [9.17, 15) is 0 Å². The molecule has 0 bridgehead atoms. The summed E-state index contributed by atoms with van der Waals surface area (Å²) in [5, 5.41) is 12.0. The van der Waals surface area contributed by atoms with Crippen molar-refractivity contribution in [3.05, 3.63) is 23.8 Å². The van der Waals surface area contributed by atoms with Crippen LogP contribution in [-0.4, -0.2) is 18.1 Å². The highest BCUT2D eigenvalue weighted by Crippen LogP contribution is 2.32. The number of benzene rings is 1. The summed E-state index contributed by atoms with van der Waals surface area (Å²) >= 11 is 0. The smallest absolute Gasteiger partial charge is 0.231 e. The molecule has 0 spiro atoms. The molecule has 1 aromatic carbocycles. The summed E-state index contributed by atoms with van der Waals surface area (Å²) in [5.74, 6) is 1.56. The second-order valence-corrected chi connectivity index (χ2v) is 3.24. The highest BCUT2D eigenvalue weighted by atomic mass is 16.7. The summed E-state index contributed by atoms with van der Waals surface area (Å²) in [6.07, 6.45) is -0.500. The molecule has 0 fully saturated rings. The van der Waals surface area contributed by atoms with Crippen LogP contribution in [0.1, 0.15) is 12.5 Å². The molecule has 1 unspecified atom stereocenters. The molecule has 76 valence electrons. The minimum atomic E-state index is -0.500. The summed E-state index contributed by atoms with van der Waals surface area (Å²) < 4.78 is 10.4. The van der Waals surface area contributed by atoms with Crippen LogP contribution in [0.2, 0.25) is 0 Å². The van der Waals surface area contributed by atoms with Crippen molar-refractivity contribution in [1.82, 2.24) is 5.32 Å². The Morgan fingerprint density at radius 1 is 1.43 bits per heavy atom. The first kappa shape index (κ1) is 9.30. The van der Waals surface area contributed by atoms with Crippen LogP contribution >= 0.6 is 0 Å². The predicted octanol–water partition coefficient (Wildman–Crippen LogP) is 0.843. The van der Waals surface area contributed by atoms with Crippen molar-refractivity contribution in [3.63, 3.8) is 0 Å². The van der Waals surface area contributed by atoms with E-state index in [2.05, 4.69) is 5.32 Å². The second-order valence-electron chi connectivity index (χ2n) is 3.24. The molecule has 0 saturated heterocycles. The number of aliphatic hydroxyl groups excluding tert-OH is 1. The van der Waals surface area contributed by atoms with Crippen LogP contribution in [0.5, 0.6) is 11.5 Å². The first-order valence-electron chi connectivity index (χ1n) is 4.55. The fourth-order valence-electron chi connectivity index (χ4n) is 1.32. The van der Waals surface area contributed by atoms with Gasteiger partial charge in [-0.15, -0.1) is 0 Å².